The average Bonchev–Trinajstić information content (AvgIpc) is 3.97. The summed E-state index contributed by atoms with van der Waals surface area (Å²) in [5.74, 6) is 0. The van der Waals surface area contributed by atoms with Crippen molar-refractivity contribution in [3.05, 3.63) is 156 Å². The van der Waals surface area contributed by atoms with E-state index in [4.69, 9.17) is 0 Å². The smallest absolute Gasteiger partial charge is 0.0465 e. The molecule has 0 radical (unpaired) electrons. The molecule has 9 rings (SSSR count). The first-order chi connectivity index (χ1) is 38.6. The van der Waals surface area contributed by atoms with E-state index in [1.54, 1.807) is 33.4 Å². The van der Waals surface area contributed by atoms with Crippen LogP contribution in [-0.4, -0.2) is 0 Å². The average molecular weight is 1250 g/mol. The SMILES string of the molecule is CCCCCCC1(CCCCCC)c2cc(Br)ccc2-c2ccc(N(c3ccc4c(c3)C(CCCCCC)(CCCCCC)c3cc(Br)ccc3-4)c3ccc4c(c3)C(CCCCCC)(CCCCCC)c3cc(Br)ccc3-4)cc21. The second-order valence-corrected chi connectivity index (χ2v) is 27.5. The van der Waals surface area contributed by atoms with Crippen molar-refractivity contribution in [1.29, 1.82) is 0 Å². The zero-order chi connectivity index (χ0) is 55.4. The highest BCUT2D eigenvalue weighted by Gasteiger charge is 2.46. The maximum Gasteiger partial charge on any atom is 0.0465 e. The molecule has 0 saturated heterocycles. The van der Waals surface area contributed by atoms with Gasteiger partial charge in [0.15, 0.2) is 0 Å². The van der Waals surface area contributed by atoms with E-state index in [2.05, 4.69) is 203 Å². The molecule has 3 aliphatic rings. The second kappa shape index (κ2) is 28.2. The molecule has 0 aliphatic heterocycles. The van der Waals surface area contributed by atoms with Gasteiger partial charge in [0.1, 0.15) is 0 Å². The van der Waals surface area contributed by atoms with Crippen molar-refractivity contribution in [3.8, 4) is 33.4 Å². The minimum absolute atomic E-state index is 0.0458. The number of hydrogen-bond donors (Lipinski definition) is 0. The minimum atomic E-state index is -0.0458. The third-order valence-corrected chi connectivity index (χ3v) is 20.9. The van der Waals surface area contributed by atoms with Crippen LogP contribution >= 0.6 is 47.8 Å². The van der Waals surface area contributed by atoms with Crippen LogP contribution in [0.2, 0.25) is 0 Å². The molecule has 0 aromatic heterocycles. The van der Waals surface area contributed by atoms with Crippen molar-refractivity contribution in [3.63, 3.8) is 0 Å². The van der Waals surface area contributed by atoms with Crippen LogP contribution in [0.25, 0.3) is 33.4 Å². The number of fused-ring (bicyclic) bond motifs is 9. The zero-order valence-corrected chi connectivity index (χ0v) is 54.4. The molecule has 422 valence electrons. The molecule has 0 spiro atoms. The minimum Gasteiger partial charge on any atom is -0.310 e. The van der Waals surface area contributed by atoms with Gasteiger partial charge in [0.25, 0.3) is 0 Å². The number of nitrogens with zero attached hydrogens (tertiary/aromatic N) is 1. The quantitative estimate of drug-likeness (QED) is 0.0371. The molecule has 3 aliphatic carbocycles. The van der Waals surface area contributed by atoms with E-state index in [0.29, 0.717) is 0 Å². The number of anilines is 3. The Labute approximate surface area is 505 Å². The van der Waals surface area contributed by atoms with E-state index in [-0.39, 0.29) is 16.2 Å². The molecule has 0 bridgehead atoms. The topological polar surface area (TPSA) is 3.24 Å². The number of hydrogen-bond acceptors (Lipinski definition) is 1. The van der Waals surface area contributed by atoms with Crippen LogP contribution in [-0.2, 0) is 16.2 Å². The molecule has 0 unspecified atom stereocenters. The van der Waals surface area contributed by atoms with Gasteiger partial charge in [-0.1, -0.05) is 280 Å². The van der Waals surface area contributed by atoms with Crippen molar-refractivity contribution in [2.24, 2.45) is 0 Å². The monoisotopic (exact) mass is 1250 g/mol. The van der Waals surface area contributed by atoms with Crippen LogP contribution in [0.5, 0.6) is 0 Å². The highest BCUT2D eigenvalue weighted by Crippen LogP contribution is 2.60. The Morgan fingerprint density at radius 1 is 0.253 bits per heavy atom. The first kappa shape index (κ1) is 60.2. The van der Waals surface area contributed by atoms with Gasteiger partial charge in [0.2, 0.25) is 0 Å². The fourth-order valence-corrected chi connectivity index (χ4v) is 16.4. The van der Waals surface area contributed by atoms with Crippen LogP contribution in [0.3, 0.4) is 0 Å². The van der Waals surface area contributed by atoms with Gasteiger partial charge in [-0.15, -0.1) is 0 Å². The number of benzene rings is 6. The Balaban J connectivity index is 1.29. The lowest BCUT2D eigenvalue weighted by Crippen LogP contribution is -2.27. The van der Waals surface area contributed by atoms with E-state index in [9.17, 15) is 0 Å². The Kier molecular flexibility index (Phi) is 21.5. The Morgan fingerprint density at radius 2 is 0.456 bits per heavy atom. The molecule has 6 aromatic rings. The first-order valence-electron chi connectivity index (χ1n) is 32.3. The van der Waals surface area contributed by atoms with Crippen LogP contribution in [0.1, 0.15) is 268 Å². The molecule has 1 nitrogen and oxygen atoms in total. The summed E-state index contributed by atoms with van der Waals surface area (Å²) in [6.07, 6.45) is 37.7. The Bertz CT molecular complexity index is 2610. The number of unbranched alkanes of at least 4 members (excludes halogenated alkanes) is 18. The van der Waals surface area contributed by atoms with E-state index in [0.717, 1.165) is 0 Å². The molecular weight excluding hydrogens is 1150 g/mol. The van der Waals surface area contributed by atoms with Crippen molar-refractivity contribution in [2.75, 3.05) is 4.90 Å². The van der Waals surface area contributed by atoms with Gasteiger partial charge >= 0.3 is 0 Å². The molecular formula is C75H96Br3N. The van der Waals surface area contributed by atoms with Crippen molar-refractivity contribution in [1.82, 2.24) is 0 Å². The summed E-state index contributed by atoms with van der Waals surface area (Å²) in [7, 11) is 0. The highest BCUT2D eigenvalue weighted by molar-refractivity contribution is 9.11. The van der Waals surface area contributed by atoms with Gasteiger partial charge in [-0.05, 0) is 178 Å². The van der Waals surface area contributed by atoms with E-state index in [1.165, 1.54) is 256 Å². The summed E-state index contributed by atoms with van der Waals surface area (Å²) < 4.78 is 3.60. The predicted octanol–water partition coefficient (Wildman–Crippen LogP) is 26.1. The fourth-order valence-electron chi connectivity index (χ4n) is 15.3. The van der Waals surface area contributed by atoms with Gasteiger partial charge < -0.3 is 4.90 Å². The van der Waals surface area contributed by atoms with E-state index < -0.39 is 0 Å². The zero-order valence-electron chi connectivity index (χ0n) is 49.7. The molecule has 79 heavy (non-hydrogen) atoms. The standard InChI is InChI=1S/C75H96Br3N/c1-7-13-19-25-43-73(44-26-20-14-8-2)67-49-55(76)31-37-61(67)64-40-34-58(52-70(64)73)79(59-35-41-65-62-38-32-56(77)50-68(62)74(71(65)53-59,45-27-21-15-9-3)46-28-22-16-10-4)60-36-42-66-63-39-33-57(78)51-69(63)75(72(66)54-60,47-29-23-17-11-5)48-30-24-18-12-6/h31-42,49-54H,7-30,43-48H2,1-6H3. The molecule has 0 heterocycles. The lowest BCUT2D eigenvalue weighted by atomic mass is 9.70. The third kappa shape index (κ3) is 12.6. The van der Waals surface area contributed by atoms with Gasteiger partial charge in [-0.2, -0.15) is 0 Å². The van der Waals surface area contributed by atoms with Crippen molar-refractivity contribution in [2.45, 2.75) is 250 Å². The van der Waals surface area contributed by atoms with Crippen molar-refractivity contribution < 1.29 is 0 Å². The van der Waals surface area contributed by atoms with Gasteiger partial charge in [0, 0.05) is 46.7 Å². The summed E-state index contributed by atoms with van der Waals surface area (Å²) in [6.45, 7) is 14.2. The molecule has 0 atom stereocenters. The lowest BCUT2D eigenvalue weighted by molar-refractivity contribution is 0.400. The molecule has 0 N–H and O–H groups in total. The molecule has 4 heteroatoms. The third-order valence-electron chi connectivity index (χ3n) is 19.4. The molecule has 6 aromatic carbocycles. The first-order valence-corrected chi connectivity index (χ1v) is 34.7. The summed E-state index contributed by atoms with van der Waals surface area (Å²) in [5.41, 5.74) is 21.7. The van der Waals surface area contributed by atoms with Crippen LogP contribution in [0.15, 0.2) is 123 Å². The van der Waals surface area contributed by atoms with Crippen LogP contribution in [0, 0.1) is 0 Å². The largest absolute Gasteiger partial charge is 0.310 e. The van der Waals surface area contributed by atoms with Gasteiger partial charge in [0.05, 0.1) is 0 Å². The second-order valence-electron chi connectivity index (χ2n) is 24.7. The van der Waals surface area contributed by atoms with Crippen molar-refractivity contribution >= 4 is 64.9 Å². The summed E-state index contributed by atoms with van der Waals surface area (Å²) >= 11 is 12.1. The Hall–Kier alpha value is -3.44. The summed E-state index contributed by atoms with van der Waals surface area (Å²) in [6, 6.07) is 45.0. The summed E-state index contributed by atoms with van der Waals surface area (Å²) in [5, 5.41) is 0. The maximum atomic E-state index is 4.02. The van der Waals surface area contributed by atoms with Crippen LogP contribution < -0.4 is 4.90 Å². The molecule has 0 saturated carbocycles. The van der Waals surface area contributed by atoms with E-state index in [1.807, 2.05) is 0 Å². The highest BCUT2D eigenvalue weighted by atomic mass is 79.9. The van der Waals surface area contributed by atoms with E-state index >= 15 is 0 Å². The normalized spacial score (nSPS) is 14.7. The molecule has 0 fully saturated rings. The number of rotatable bonds is 33. The summed E-state index contributed by atoms with van der Waals surface area (Å²) in [4.78, 5) is 2.74. The van der Waals surface area contributed by atoms with Gasteiger partial charge in [-0.25, -0.2) is 0 Å². The fraction of sp³-hybridized carbons (Fsp3) is 0.520. The molecule has 0 amide bonds. The predicted molar refractivity (Wildman–Crippen MR) is 355 cm³/mol. The Morgan fingerprint density at radius 3 is 0.671 bits per heavy atom. The van der Waals surface area contributed by atoms with Crippen LogP contribution in [0.4, 0.5) is 17.1 Å². The lowest BCUT2D eigenvalue weighted by Gasteiger charge is -2.36. The maximum absolute atomic E-state index is 4.02. The van der Waals surface area contributed by atoms with Gasteiger partial charge in [-0.3, -0.25) is 0 Å². The number of halogens is 3.